The molecule has 3 heterocycles. The van der Waals surface area contributed by atoms with Crippen molar-refractivity contribution >= 4 is 49.2 Å². The number of rotatable bonds is 4. The zero-order valence-electron chi connectivity index (χ0n) is 17.0. The number of aromatic nitrogens is 3. The molecule has 2 aromatic heterocycles. The summed E-state index contributed by atoms with van der Waals surface area (Å²) in [4.78, 5) is 36.6. The van der Waals surface area contributed by atoms with Crippen LogP contribution in [0.4, 0.5) is 10.8 Å². The summed E-state index contributed by atoms with van der Waals surface area (Å²) in [5.74, 6) is -0.284. The number of ether oxygens (including phenoxy) is 1. The second kappa shape index (κ2) is 8.09. The number of nitrogens with one attached hydrogen (secondary N) is 1. The first kappa shape index (κ1) is 19.7. The average molecular weight is 436 g/mol. The third kappa shape index (κ3) is 3.89. The van der Waals surface area contributed by atoms with E-state index in [0.29, 0.717) is 29.8 Å². The molecule has 0 aliphatic carbocycles. The number of carbonyl (C=O) groups is 1. The first-order chi connectivity index (χ1) is 15.1. The van der Waals surface area contributed by atoms with Crippen LogP contribution in [0.25, 0.3) is 21.1 Å². The number of para-hydroxylation sites is 1. The highest BCUT2D eigenvalue weighted by molar-refractivity contribution is 7.22. The third-order valence-electron chi connectivity index (χ3n) is 5.31. The van der Waals surface area contributed by atoms with Gasteiger partial charge in [-0.15, -0.1) is 0 Å². The molecule has 8 nitrogen and oxygen atoms in total. The molecule has 0 unspecified atom stereocenters. The molecule has 1 N–H and O–H groups in total. The fourth-order valence-electron chi connectivity index (χ4n) is 3.69. The Balaban J connectivity index is 1.34. The molecule has 5 rings (SSSR count). The molecule has 2 aromatic carbocycles. The summed E-state index contributed by atoms with van der Waals surface area (Å²) in [6.07, 6.45) is 1.43. The Morgan fingerprint density at radius 3 is 2.90 bits per heavy atom. The van der Waals surface area contributed by atoms with Gasteiger partial charge in [0.2, 0.25) is 5.91 Å². The molecule has 158 valence electrons. The first-order valence-electron chi connectivity index (χ1n) is 10.1. The highest BCUT2D eigenvalue weighted by Gasteiger charge is 2.16. The van der Waals surface area contributed by atoms with Crippen molar-refractivity contribution in [3.8, 4) is 0 Å². The van der Waals surface area contributed by atoms with E-state index in [1.807, 2.05) is 37.3 Å². The predicted octanol–water partition coefficient (Wildman–Crippen LogP) is 2.79. The lowest BCUT2D eigenvalue weighted by molar-refractivity contribution is -0.116. The minimum absolute atomic E-state index is 0.102. The highest BCUT2D eigenvalue weighted by Crippen LogP contribution is 2.31. The molecule has 1 aliphatic rings. The van der Waals surface area contributed by atoms with Gasteiger partial charge in [0, 0.05) is 18.8 Å². The van der Waals surface area contributed by atoms with Gasteiger partial charge in [-0.2, -0.15) is 0 Å². The maximum Gasteiger partial charge on any atom is 0.261 e. The smallest absolute Gasteiger partial charge is 0.261 e. The number of fused-ring (bicyclic) bond motifs is 2. The number of morpholine rings is 1. The van der Waals surface area contributed by atoms with Crippen LogP contribution in [0.3, 0.4) is 0 Å². The van der Waals surface area contributed by atoms with Crippen molar-refractivity contribution in [2.75, 3.05) is 36.5 Å². The number of nitrogens with zero attached hydrogens (tertiary/aromatic N) is 4. The minimum Gasteiger partial charge on any atom is -0.378 e. The molecular weight excluding hydrogens is 414 g/mol. The van der Waals surface area contributed by atoms with E-state index in [1.165, 1.54) is 10.9 Å². The van der Waals surface area contributed by atoms with Gasteiger partial charge in [-0.3, -0.25) is 14.2 Å². The number of thiazole rings is 1. The molecule has 1 aliphatic heterocycles. The summed E-state index contributed by atoms with van der Waals surface area (Å²) in [5, 5.41) is 4.35. The molecule has 1 saturated heterocycles. The van der Waals surface area contributed by atoms with Gasteiger partial charge < -0.3 is 15.0 Å². The molecule has 31 heavy (non-hydrogen) atoms. The van der Waals surface area contributed by atoms with E-state index in [1.54, 1.807) is 17.4 Å². The number of amides is 1. The standard InChI is InChI=1S/C22H21N5O3S/c1-14-3-2-4-16-20(14)23-13-27(21(16)29)12-19(28)24-15-5-6-17-18(11-15)31-22(25-17)26-7-9-30-10-8-26/h2-6,11,13H,7-10,12H2,1H3,(H,24,28). The van der Waals surface area contributed by atoms with Crippen LogP contribution in [0, 0.1) is 6.92 Å². The highest BCUT2D eigenvalue weighted by atomic mass is 32.1. The van der Waals surface area contributed by atoms with Crippen LogP contribution in [0.1, 0.15) is 5.56 Å². The summed E-state index contributed by atoms with van der Waals surface area (Å²) in [6, 6.07) is 11.1. The fourth-order valence-corrected chi connectivity index (χ4v) is 4.74. The van der Waals surface area contributed by atoms with Crippen molar-refractivity contribution in [2.24, 2.45) is 0 Å². The van der Waals surface area contributed by atoms with Crippen molar-refractivity contribution in [1.82, 2.24) is 14.5 Å². The normalized spacial score (nSPS) is 14.3. The van der Waals surface area contributed by atoms with Gasteiger partial charge in [-0.1, -0.05) is 23.5 Å². The maximum atomic E-state index is 12.7. The Labute approximate surface area is 182 Å². The largest absolute Gasteiger partial charge is 0.378 e. The molecule has 0 bridgehead atoms. The monoisotopic (exact) mass is 435 g/mol. The molecule has 4 aromatic rings. The fraction of sp³-hybridized carbons (Fsp3) is 0.273. The molecule has 0 saturated carbocycles. The second-order valence-corrected chi connectivity index (χ2v) is 8.48. The van der Waals surface area contributed by atoms with Gasteiger partial charge in [0.05, 0.1) is 40.7 Å². The lowest BCUT2D eigenvalue weighted by Gasteiger charge is -2.25. The van der Waals surface area contributed by atoms with Crippen LogP contribution in [-0.4, -0.2) is 46.7 Å². The first-order valence-corrected chi connectivity index (χ1v) is 10.9. The number of benzene rings is 2. The van der Waals surface area contributed by atoms with Crippen molar-refractivity contribution in [3.63, 3.8) is 0 Å². The summed E-state index contributed by atoms with van der Waals surface area (Å²) >= 11 is 1.60. The van der Waals surface area contributed by atoms with E-state index in [-0.39, 0.29) is 18.0 Å². The average Bonchev–Trinajstić information content (AvgIpc) is 3.20. The number of hydrogen-bond acceptors (Lipinski definition) is 7. The van der Waals surface area contributed by atoms with Gasteiger partial charge >= 0.3 is 0 Å². The van der Waals surface area contributed by atoms with Crippen molar-refractivity contribution in [2.45, 2.75) is 13.5 Å². The van der Waals surface area contributed by atoms with Crippen LogP contribution in [0.5, 0.6) is 0 Å². The van der Waals surface area contributed by atoms with Gasteiger partial charge in [0.15, 0.2) is 5.13 Å². The van der Waals surface area contributed by atoms with E-state index < -0.39 is 0 Å². The Hall–Kier alpha value is -3.30. The number of aryl methyl sites for hydroxylation is 1. The van der Waals surface area contributed by atoms with Crippen molar-refractivity contribution < 1.29 is 9.53 Å². The zero-order chi connectivity index (χ0) is 21.4. The van der Waals surface area contributed by atoms with E-state index in [2.05, 4.69) is 15.2 Å². The van der Waals surface area contributed by atoms with Crippen LogP contribution in [0.2, 0.25) is 0 Å². The Kier molecular flexibility index (Phi) is 5.13. The Morgan fingerprint density at radius 1 is 1.23 bits per heavy atom. The molecule has 9 heteroatoms. The zero-order valence-corrected chi connectivity index (χ0v) is 17.8. The predicted molar refractivity (Wildman–Crippen MR) is 122 cm³/mol. The van der Waals surface area contributed by atoms with Crippen molar-refractivity contribution in [1.29, 1.82) is 0 Å². The SMILES string of the molecule is Cc1cccc2c(=O)n(CC(=O)Nc3ccc4nc(N5CCOCC5)sc4c3)cnc12. The lowest BCUT2D eigenvalue weighted by Crippen LogP contribution is -2.36. The van der Waals surface area contributed by atoms with Crippen LogP contribution in [0.15, 0.2) is 47.5 Å². The van der Waals surface area contributed by atoms with Crippen LogP contribution >= 0.6 is 11.3 Å². The van der Waals surface area contributed by atoms with E-state index in [0.717, 1.165) is 34.0 Å². The second-order valence-electron chi connectivity index (χ2n) is 7.48. The third-order valence-corrected chi connectivity index (χ3v) is 6.39. The molecule has 0 atom stereocenters. The number of carbonyl (C=O) groups excluding carboxylic acids is 1. The number of hydrogen-bond donors (Lipinski definition) is 1. The van der Waals surface area contributed by atoms with Gasteiger partial charge in [0.25, 0.3) is 5.56 Å². The van der Waals surface area contributed by atoms with E-state index in [4.69, 9.17) is 9.72 Å². The summed E-state index contributed by atoms with van der Waals surface area (Å²) < 4.78 is 7.74. The minimum atomic E-state index is -0.284. The molecule has 1 fully saturated rings. The molecule has 0 radical (unpaired) electrons. The quantitative estimate of drug-likeness (QED) is 0.530. The lowest BCUT2D eigenvalue weighted by atomic mass is 10.1. The molecular formula is C22H21N5O3S. The van der Waals surface area contributed by atoms with Crippen LogP contribution in [-0.2, 0) is 16.1 Å². The summed E-state index contributed by atoms with van der Waals surface area (Å²) in [7, 11) is 0. The summed E-state index contributed by atoms with van der Waals surface area (Å²) in [5.41, 5.74) is 2.94. The van der Waals surface area contributed by atoms with Crippen molar-refractivity contribution in [3.05, 3.63) is 58.6 Å². The number of anilines is 2. The Bertz CT molecular complexity index is 1340. The molecule has 1 amide bonds. The molecule has 0 spiro atoms. The van der Waals surface area contributed by atoms with E-state index in [9.17, 15) is 9.59 Å². The summed E-state index contributed by atoms with van der Waals surface area (Å²) in [6.45, 7) is 4.88. The van der Waals surface area contributed by atoms with Crippen LogP contribution < -0.4 is 15.8 Å². The van der Waals surface area contributed by atoms with Gasteiger partial charge in [-0.25, -0.2) is 9.97 Å². The Morgan fingerprint density at radius 2 is 2.06 bits per heavy atom. The van der Waals surface area contributed by atoms with Gasteiger partial charge in [0.1, 0.15) is 6.54 Å². The topological polar surface area (TPSA) is 89.4 Å². The maximum absolute atomic E-state index is 12.7. The van der Waals surface area contributed by atoms with E-state index >= 15 is 0 Å². The van der Waals surface area contributed by atoms with Gasteiger partial charge in [-0.05, 0) is 36.8 Å².